The van der Waals surface area contributed by atoms with Crippen molar-refractivity contribution in [2.45, 2.75) is 58.2 Å². The van der Waals surface area contributed by atoms with Gasteiger partial charge in [0.25, 0.3) is 5.92 Å². The molecule has 1 aliphatic carbocycles. The van der Waals surface area contributed by atoms with Crippen LogP contribution in [0.4, 0.5) is 26.2 Å². The highest BCUT2D eigenvalue weighted by atomic mass is 32.1. The summed E-state index contributed by atoms with van der Waals surface area (Å²) in [6.07, 6.45) is 4.66. The van der Waals surface area contributed by atoms with Crippen LogP contribution in [0.15, 0.2) is 12.4 Å². The topological polar surface area (TPSA) is 88.0 Å². The van der Waals surface area contributed by atoms with Gasteiger partial charge in [-0.15, -0.1) is 0 Å². The summed E-state index contributed by atoms with van der Waals surface area (Å²) in [7, 11) is 1.86. The highest BCUT2D eigenvalue weighted by Gasteiger charge is 2.56. The first kappa shape index (κ1) is 22.3. The largest absolute Gasteiger partial charge is 0.350 e. The molecule has 1 saturated carbocycles. The van der Waals surface area contributed by atoms with E-state index in [4.69, 9.17) is 0 Å². The molecule has 2 aromatic heterocycles. The van der Waals surface area contributed by atoms with E-state index in [1.807, 2.05) is 32.0 Å². The number of halogens is 2. The van der Waals surface area contributed by atoms with Crippen molar-refractivity contribution in [3.05, 3.63) is 23.7 Å². The van der Waals surface area contributed by atoms with Crippen LogP contribution < -0.4 is 15.5 Å². The van der Waals surface area contributed by atoms with Crippen LogP contribution in [0.5, 0.6) is 0 Å². The summed E-state index contributed by atoms with van der Waals surface area (Å²) in [4.78, 5) is 23.1. The zero-order chi connectivity index (χ0) is 20.8. The van der Waals surface area contributed by atoms with Gasteiger partial charge in [0.1, 0.15) is 11.7 Å². The summed E-state index contributed by atoms with van der Waals surface area (Å²) in [6, 6.07) is -0.262. The number of likely N-dealkylation sites (N-methyl/N-ethyl adjacent to an activating group) is 1. The van der Waals surface area contributed by atoms with Gasteiger partial charge in [0.15, 0.2) is 5.82 Å². The minimum Gasteiger partial charge on any atom is -0.350 e. The quantitative estimate of drug-likeness (QED) is 0.690. The van der Waals surface area contributed by atoms with Crippen LogP contribution in [0.1, 0.15) is 37.4 Å². The zero-order valence-corrected chi connectivity index (χ0v) is 18.2. The monoisotopic (exact) mass is 439 g/mol. The number of nitrogens with zero attached hydrogens (tertiary/aromatic N) is 5. The molecule has 11 heteroatoms. The highest BCUT2D eigenvalue weighted by molar-refractivity contribution is 7.59. The number of carbonyl (C=O) groups is 1. The molecule has 0 bridgehead atoms. The first-order chi connectivity index (χ1) is 13.8. The molecule has 2 N–H and O–H groups in total. The molecule has 0 radical (unpaired) electrons. The Morgan fingerprint density at radius 1 is 1.37 bits per heavy atom. The standard InChI is InChI=1S/C19H25F2N7O.H2S/c1-4-14-17(29)25-15-11(2)24-18(26-16(15)27(14)3)22-8-12-9-23-28(10-12)6-5-13-7-19(13,20)21;/h9-10,13-14H,4-8H2,1-3H3,(H,25,29)(H,22,24,26);1H2/t13?,14-;/m0./s1. The van der Waals surface area contributed by atoms with Crippen molar-refractivity contribution in [2.24, 2.45) is 5.92 Å². The molecule has 164 valence electrons. The van der Waals surface area contributed by atoms with Crippen LogP contribution in [0.2, 0.25) is 0 Å². The average Bonchev–Trinajstić information content (AvgIpc) is 3.06. The van der Waals surface area contributed by atoms with Crippen LogP contribution in [0.3, 0.4) is 0 Å². The van der Waals surface area contributed by atoms with Gasteiger partial charge in [-0.1, -0.05) is 6.92 Å². The van der Waals surface area contributed by atoms with E-state index in [1.54, 1.807) is 10.9 Å². The molecule has 3 heterocycles. The van der Waals surface area contributed by atoms with E-state index in [0.29, 0.717) is 49.1 Å². The Balaban J connectivity index is 0.00000256. The van der Waals surface area contributed by atoms with Crippen LogP contribution in [0, 0.1) is 12.8 Å². The molecule has 0 spiro atoms. The van der Waals surface area contributed by atoms with Crippen molar-refractivity contribution < 1.29 is 13.6 Å². The molecule has 1 amide bonds. The summed E-state index contributed by atoms with van der Waals surface area (Å²) < 4.78 is 27.7. The van der Waals surface area contributed by atoms with E-state index in [-0.39, 0.29) is 31.9 Å². The van der Waals surface area contributed by atoms with Gasteiger partial charge in [-0.25, -0.2) is 13.8 Å². The smallest absolute Gasteiger partial charge is 0.251 e. The van der Waals surface area contributed by atoms with Crippen molar-refractivity contribution in [1.29, 1.82) is 0 Å². The van der Waals surface area contributed by atoms with Gasteiger partial charge in [-0.2, -0.15) is 23.6 Å². The van der Waals surface area contributed by atoms with Crippen molar-refractivity contribution in [1.82, 2.24) is 19.7 Å². The maximum absolute atomic E-state index is 13.0. The molecule has 30 heavy (non-hydrogen) atoms. The normalized spacial score (nSPS) is 21.5. The fraction of sp³-hybridized carbons (Fsp3) is 0.579. The fourth-order valence-electron chi connectivity index (χ4n) is 3.70. The number of hydrogen-bond donors (Lipinski definition) is 2. The lowest BCUT2D eigenvalue weighted by molar-refractivity contribution is -0.117. The van der Waals surface area contributed by atoms with Crippen LogP contribution in [-0.2, 0) is 17.9 Å². The lowest BCUT2D eigenvalue weighted by Gasteiger charge is -2.34. The number of nitrogens with one attached hydrogen (secondary N) is 2. The van der Waals surface area contributed by atoms with Crippen molar-refractivity contribution >= 4 is 36.9 Å². The van der Waals surface area contributed by atoms with Gasteiger partial charge < -0.3 is 15.5 Å². The van der Waals surface area contributed by atoms with Gasteiger partial charge in [0.2, 0.25) is 11.9 Å². The molecule has 1 unspecified atom stereocenters. The molecule has 1 aliphatic heterocycles. The third-order valence-corrected chi connectivity index (χ3v) is 5.61. The predicted molar refractivity (Wildman–Crippen MR) is 115 cm³/mol. The van der Waals surface area contributed by atoms with Gasteiger partial charge in [0.05, 0.1) is 11.9 Å². The molecule has 2 aromatic rings. The summed E-state index contributed by atoms with van der Waals surface area (Å²) in [5, 5.41) is 10.3. The minimum atomic E-state index is -2.48. The van der Waals surface area contributed by atoms with E-state index in [1.165, 1.54) is 0 Å². The van der Waals surface area contributed by atoms with Gasteiger partial charge in [-0.05, 0) is 19.8 Å². The lowest BCUT2D eigenvalue weighted by Crippen LogP contribution is -2.46. The molecule has 2 atom stereocenters. The number of alkyl halides is 2. The number of aryl methyl sites for hydroxylation is 2. The lowest BCUT2D eigenvalue weighted by atomic mass is 10.1. The number of carbonyl (C=O) groups excluding carboxylic acids is 1. The molecule has 8 nitrogen and oxygen atoms in total. The Bertz CT molecular complexity index is 936. The number of hydrogen-bond acceptors (Lipinski definition) is 6. The van der Waals surface area contributed by atoms with E-state index >= 15 is 0 Å². The van der Waals surface area contributed by atoms with Crippen molar-refractivity contribution in [3.8, 4) is 0 Å². The van der Waals surface area contributed by atoms with Crippen LogP contribution in [-0.4, -0.2) is 44.7 Å². The minimum absolute atomic E-state index is 0. The van der Waals surface area contributed by atoms with Crippen LogP contribution in [0.25, 0.3) is 0 Å². The maximum atomic E-state index is 13.0. The molecule has 1 fully saturated rings. The SMILES string of the molecule is CC[C@H]1C(=O)Nc2c(C)nc(NCc3cnn(CCC4CC4(F)F)c3)nc2N1C.S. The second-order valence-corrected chi connectivity index (χ2v) is 7.77. The first-order valence-electron chi connectivity index (χ1n) is 9.84. The molecular formula is C19H27F2N7OS. The first-order valence-corrected chi connectivity index (χ1v) is 9.84. The summed E-state index contributed by atoms with van der Waals surface area (Å²) >= 11 is 0. The Hall–Kier alpha value is -2.43. The molecular weight excluding hydrogens is 412 g/mol. The second kappa shape index (κ2) is 8.37. The van der Waals surface area contributed by atoms with E-state index in [0.717, 1.165) is 5.56 Å². The van der Waals surface area contributed by atoms with Crippen LogP contribution >= 0.6 is 13.5 Å². The highest BCUT2D eigenvalue weighted by Crippen LogP contribution is 2.50. The Kier molecular flexibility index (Phi) is 6.21. The van der Waals surface area contributed by atoms with E-state index < -0.39 is 11.8 Å². The number of rotatable bonds is 7. The molecule has 2 aliphatic rings. The Morgan fingerprint density at radius 3 is 2.77 bits per heavy atom. The second-order valence-electron chi connectivity index (χ2n) is 7.77. The van der Waals surface area contributed by atoms with Crippen molar-refractivity contribution in [2.75, 3.05) is 22.6 Å². The molecule has 4 rings (SSSR count). The zero-order valence-electron chi connectivity index (χ0n) is 17.2. The van der Waals surface area contributed by atoms with E-state index in [9.17, 15) is 13.6 Å². The summed E-state index contributed by atoms with van der Waals surface area (Å²) in [6.45, 7) is 4.74. The summed E-state index contributed by atoms with van der Waals surface area (Å²) in [5.74, 6) is -1.89. The average molecular weight is 440 g/mol. The fourth-order valence-corrected chi connectivity index (χ4v) is 3.70. The number of anilines is 3. The van der Waals surface area contributed by atoms with Crippen molar-refractivity contribution in [3.63, 3.8) is 0 Å². The number of fused-ring (bicyclic) bond motifs is 1. The van der Waals surface area contributed by atoms with Gasteiger partial charge in [0, 0.05) is 44.2 Å². The number of aromatic nitrogens is 4. The predicted octanol–water partition coefficient (Wildman–Crippen LogP) is 2.92. The third-order valence-electron chi connectivity index (χ3n) is 5.61. The number of amides is 1. The third kappa shape index (κ3) is 4.35. The maximum Gasteiger partial charge on any atom is 0.251 e. The Labute approximate surface area is 180 Å². The summed E-state index contributed by atoms with van der Waals surface area (Å²) in [5.41, 5.74) is 2.24. The molecule has 0 saturated heterocycles. The van der Waals surface area contributed by atoms with Gasteiger partial charge in [-0.3, -0.25) is 9.48 Å². The Morgan fingerprint density at radius 2 is 2.10 bits per heavy atom. The van der Waals surface area contributed by atoms with E-state index in [2.05, 4.69) is 25.7 Å². The van der Waals surface area contributed by atoms with Gasteiger partial charge >= 0.3 is 0 Å². The molecule has 0 aromatic carbocycles.